The van der Waals surface area contributed by atoms with Gasteiger partial charge in [0.25, 0.3) is 0 Å². The van der Waals surface area contributed by atoms with Crippen LogP contribution in [-0.2, 0) is 4.74 Å². The smallest absolute Gasteiger partial charge is 0.170 e. The quantitative estimate of drug-likeness (QED) is 0.375. The Hall–Kier alpha value is -1.95. The molecule has 0 N–H and O–H groups in total. The van der Waals surface area contributed by atoms with Gasteiger partial charge < -0.3 is 9.30 Å². The molecule has 1 atom stereocenters. The molecule has 0 amide bonds. The average molecular weight is 381 g/mol. The highest BCUT2D eigenvalue weighted by Crippen LogP contribution is 2.34. The number of hydrogen-bond donors (Lipinski definition) is 0. The number of pyridine rings is 1. The molecule has 1 unspecified atom stereocenters. The van der Waals surface area contributed by atoms with Gasteiger partial charge >= 0.3 is 0 Å². The van der Waals surface area contributed by atoms with Gasteiger partial charge in [0.15, 0.2) is 6.23 Å². The van der Waals surface area contributed by atoms with E-state index in [-0.39, 0.29) is 6.23 Å². The number of thiophene rings is 1. The molecular weight excluding hydrogens is 356 g/mol. The highest BCUT2D eigenvalue weighted by atomic mass is 32.1. The van der Waals surface area contributed by atoms with E-state index >= 15 is 0 Å². The van der Waals surface area contributed by atoms with Gasteiger partial charge in [0, 0.05) is 37.2 Å². The molecule has 1 aromatic carbocycles. The summed E-state index contributed by atoms with van der Waals surface area (Å²) < 4.78 is 9.92. The summed E-state index contributed by atoms with van der Waals surface area (Å²) >= 11 is 1.81. The van der Waals surface area contributed by atoms with E-state index in [1.165, 1.54) is 15.0 Å². The van der Waals surface area contributed by atoms with Crippen molar-refractivity contribution in [3.8, 4) is 0 Å². The number of ether oxygens (including phenoxy) is 1. The zero-order valence-electron chi connectivity index (χ0n) is 15.5. The molecule has 3 nitrogen and oxygen atoms in total. The van der Waals surface area contributed by atoms with E-state index in [1.807, 2.05) is 23.6 Å². The lowest BCUT2D eigenvalue weighted by atomic mass is 10.2. The van der Waals surface area contributed by atoms with Crippen molar-refractivity contribution in [2.75, 3.05) is 6.61 Å². The van der Waals surface area contributed by atoms with Crippen LogP contribution in [0, 0.1) is 0 Å². The maximum atomic E-state index is 6.45. The second kappa shape index (κ2) is 6.99. The fourth-order valence-corrected chi connectivity index (χ4v) is 4.92. The second-order valence-corrected chi connectivity index (χ2v) is 14.6. The molecule has 0 radical (unpaired) electrons. The van der Waals surface area contributed by atoms with Crippen LogP contribution in [0.2, 0.25) is 25.7 Å². The minimum Gasteiger partial charge on any atom is -0.353 e. The summed E-state index contributed by atoms with van der Waals surface area (Å²) in [7, 11) is -1.14. The first-order chi connectivity index (χ1) is 12.5. The predicted molar refractivity (Wildman–Crippen MR) is 114 cm³/mol. The molecule has 0 aliphatic heterocycles. The molecular formula is C21H24N2OSSi. The summed E-state index contributed by atoms with van der Waals surface area (Å²) in [4.78, 5) is 5.82. The monoisotopic (exact) mass is 380 g/mol. The average Bonchev–Trinajstić information content (AvgIpc) is 3.22. The lowest BCUT2D eigenvalue weighted by Gasteiger charge is -2.22. The second-order valence-electron chi connectivity index (χ2n) is 7.86. The van der Waals surface area contributed by atoms with Gasteiger partial charge in [0.2, 0.25) is 0 Å². The maximum Gasteiger partial charge on any atom is 0.170 e. The van der Waals surface area contributed by atoms with Crippen molar-refractivity contribution in [3.63, 3.8) is 0 Å². The first-order valence-electron chi connectivity index (χ1n) is 9.03. The van der Waals surface area contributed by atoms with Gasteiger partial charge in [-0.15, -0.1) is 11.3 Å². The van der Waals surface area contributed by atoms with Crippen molar-refractivity contribution in [2.45, 2.75) is 31.9 Å². The van der Waals surface area contributed by atoms with Crippen LogP contribution in [0.5, 0.6) is 0 Å². The highest BCUT2D eigenvalue weighted by Gasteiger charge is 2.21. The minimum absolute atomic E-state index is 0.129. The molecule has 0 aliphatic rings. The zero-order chi connectivity index (χ0) is 18.1. The predicted octanol–water partition coefficient (Wildman–Crippen LogP) is 6.15. The van der Waals surface area contributed by atoms with Crippen LogP contribution < -0.4 is 0 Å². The van der Waals surface area contributed by atoms with Gasteiger partial charge in [0.05, 0.1) is 4.88 Å². The number of fused-ring (bicyclic) bond motifs is 2. The first kappa shape index (κ1) is 17.5. The van der Waals surface area contributed by atoms with E-state index in [2.05, 4.69) is 77.9 Å². The Bertz CT molecular complexity index is 998. The Balaban J connectivity index is 1.73. The van der Waals surface area contributed by atoms with Gasteiger partial charge in [-0.3, -0.25) is 0 Å². The lowest BCUT2D eigenvalue weighted by molar-refractivity contribution is 0.0460. The van der Waals surface area contributed by atoms with E-state index in [1.54, 1.807) is 0 Å². The van der Waals surface area contributed by atoms with Crippen LogP contribution in [0.1, 0.15) is 11.1 Å². The normalized spacial score (nSPS) is 13.5. The van der Waals surface area contributed by atoms with E-state index in [0.29, 0.717) is 0 Å². The van der Waals surface area contributed by atoms with Gasteiger partial charge in [-0.05, 0) is 41.8 Å². The van der Waals surface area contributed by atoms with Crippen LogP contribution in [0.15, 0.2) is 60.9 Å². The molecule has 134 valence electrons. The fraction of sp³-hybridized carbons (Fsp3) is 0.286. The molecule has 4 aromatic rings. The van der Waals surface area contributed by atoms with Crippen LogP contribution >= 0.6 is 11.3 Å². The van der Waals surface area contributed by atoms with Crippen molar-refractivity contribution < 1.29 is 4.74 Å². The SMILES string of the molecule is C[Si](C)(C)CCOC(c1cc2ccccc2s1)n1ccc2cccnc21. The Morgan fingerprint density at radius 2 is 1.88 bits per heavy atom. The number of benzene rings is 1. The molecule has 0 aliphatic carbocycles. The highest BCUT2D eigenvalue weighted by molar-refractivity contribution is 7.19. The third-order valence-electron chi connectivity index (χ3n) is 4.54. The van der Waals surface area contributed by atoms with Gasteiger partial charge in [0.1, 0.15) is 5.65 Å². The molecule has 4 rings (SSSR count). The molecule has 0 fully saturated rings. The van der Waals surface area contributed by atoms with Crippen LogP contribution in [0.3, 0.4) is 0 Å². The summed E-state index contributed by atoms with van der Waals surface area (Å²) in [5.74, 6) is 0. The van der Waals surface area contributed by atoms with E-state index in [4.69, 9.17) is 4.74 Å². The summed E-state index contributed by atoms with van der Waals surface area (Å²) in [6.45, 7) is 7.94. The molecule has 3 heterocycles. The molecule has 0 spiro atoms. The molecule has 0 saturated heterocycles. The van der Waals surface area contributed by atoms with Crippen molar-refractivity contribution in [2.24, 2.45) is 0 Å². The van der Waals surface area contributed by atoms with Crippen molar-refractivity contribution in [3.05, 3.63) is 65.8 Å². The summed E-state index contributed by atoms with van der Waals surface area (Å²) in [5.41, 5.74) is 0.975. The standard InChI is InChI=1S/C21H24N2OSSi/c1-26(2,3)14-13-24-21(19-15-17-7-4-5-9-18(17)25-19)23-12-10-16-8-6-11-22-20(16)23/h4-12,15,21H,13-14H2,1-3H3. The lowest BCUT2D eigenvalue weighted by Crippen LogP contribution is -2.23. The topological polar surface area (TPSA) is 27.1 Å². The minimum atomic E-state index is -1.14. The van der Waals surface area contributed by atoms with Gasteiger partial charge in [-0.1, -0.05) is 37.8 Å². The largest absolute Gasteiger partial charge is 0.353 e. The van der Waals surface area contributed by atoms with E-state index < -0.39 is 8.07 Å². The number of hydrogen-bond acceptors (Lipinski definition) is 3. The number of aromatic nitrogens is 2. The van der Waals surface area contributed by atoms with Crippen LogP contribution in [0.4, 0.5) is 0 Å². The van der Waals surface area contributed by atoms with E-state index in [0.717, 1.165) is 23.7 Å². The van der Waals surface area contributed by atoms with Crippen molar-refractivity contribution >= 4 is 40.5 Å². The van der Waals surface area contributed by atoms with Gasteiger partial charge in [-0.2, -0.15) is 0 Å². The fourth-order valence-electron chi connectivity index (χ4n) is 3.08. The number of rotatable bonds is 6. The Kier molecular flexibility index (Phi) is 4.69. The molecule has 5 heteroatoms. The summed E-state index contributed by atoms with van der Waals surface area (Å²) in [5, 5.41) is 2.42. The Morgan fingerprint density at radius 3 is 2.69 bits per heavy atom. The molecule has 3 aromatic heterocycles. The van der Waals surface area contributed by atoms with Crippen molar-refractivity contribution in [1.82, 2.24) is 9.55 Å². The van der Waals surface area contributed by atoms with Crippen LogP contribution in [-0.4, -0.2) is 24.2 Å². The van der Waals surface area contributed by atoms with Gasteiger partial charge in [-0.25, -0.2) is 4.98 Å². The first-order valence-corrected chi connectivity index (χ1v) is 13.6. The zero-order valence-corrected chi connectivity index (χ0v) is 17.3. The van der Waals surface area contributed by atoms with Crippen LogP contribution in [0.25, 0.3) is 21.1 Å². The summed E-state index contributed by atoms with van der Waals surface area (Å²) in [6, 6.07) is 18.1. The molecule has 26 heavy (non-hydrogen) atoms. The molecule has 0 saturated carbocycles. The third-order valence-corrected chi connectivity index (χ3v) is 7.40. The Morgan fingerprint density at radius 1 is 1.08 bits per heavy atom. The Labute approximate surface area is 159 Å². The third kappa shape index (κ3) is 3.61. The molecule has 0 bridgehead atoms. The number of nitrogens with zero attached hydrogens (tertiary/aromatic N) is 2. The maximum absolute atomic E-state index is 6.45. The summed E-state index contributed by atoms with van der Waals surface area (Å²) in [6.07, 6.45) is 3.82. The van der Waals surface area contributed by atoms with E-state index in [9.17, 15) is 0 Å². The van der Waals surface area contributed by atoms with Crippen molar-refractivity contribution in [1.29, 1.82) is 0 Å².